The van der Waals surface area contributed by atoms with Gasteiger partial charge >= 0.3 is 0 Å². The third kappa shape index (κ3) is 4.04. The normalized spacial score (nSPS) is 16.6. The Hall–Kier alpha value is -1.94. The van der Waals surface area contributed by atoms with Crippen LogP contribution in [0.5, 0.6) is 5.88 Å². The Morgan fingerprint density at radius 2 is 1.82 bits per heavy atom. The van der Waals surface area contributed by atoms with Crippen molar-refractivity contribution in [2.75, 3.05) is 13.1 Å². The summed E-state index contributed by atoms with van der Waals surface area (Å²) < 4.78 is 5.95. The third-order valence-corrected chi connectivity index (χ3v) is 4.08. The van der Waals surface area contributed by atoms with E-state index in [0.717, 1.165) is 38.2 Å². The van der Waals surface area contributed by atoms with Crippen LogP contribution in [0.2, 0.25) is 0 Å². The van der Waals surface area contributed by atoms with Gasteiger partial charge in [0.1, 0.15) is 6.10 Å². The number of hydrogen-bond acceptors (Lipinski definition) is 4. The van der Waals surface area contributed by atoms with E-state index in [9.17, 15) is 0 Å². The molecule has 1 aromatic heterocycles. The molecule has 0 saturated carbocycles. The van der Waals surface area contributed by atoms with Gasteiger partial charge in [-0.15, -0.1) is 0 Å². The molecule has 0 unspecified atom stereocenters. The fraction of sp³-hybridized carbons (Fsp3) is 0.444. The van der Waals surface area contributed by atoms with E-state index >= 15 is 0 Å². The summed E-state index contributed by atoms with van der Waals surface area (Å²) >= 11 is 0. The zero-order valence-electron chi connectivity index (χ0n) is 13.3. The molecule has 0 amide bonds. The predicted molar refractivity (Wildman–Crippen MR) is 86.9 cm³/mol. The maximum Gasteiger partial charge on any atom is 0.232 e. The molecule has 4 nitrogen and oxygen atoms in total. The second-order valence-electron chi connectivity index (χ2n) is 6.08. The number of aromatic nitrogens is 2. The Balaban J connectivity index is 1.49. The van der Waals surface area contributed by atoms with Crippen LogP contribution in [-0.4, -0.2) is 34.1 Å². The summed E-state index contributed by atoms with van der Waals surface area (Å²) in [7, 11) is 0. The van der Waals surface area contributed by atoms with Crippen molar-refractivity contribution in [2.45, 2.75) is 39.3 Å². The van der Waals surface area contributed by atoms with Crippen LogP contribution >= 0.6 is 0 Å². The van der Waals surface area contributed by atoms with Gasteiger partial charge in [0.2, 0.25) is 5.88 Å². The second kappa shape index (κ2) is 6.88. The number of benzene rings is 1. The largest absolute Gasteiger partial charge is 0.473 e. The van der Waals surface area contributed by atoms with Gasteiger partial charge < -0.3 is 4.74 Å². The van der Waals surface area contributed by atoms with E-state index in [0.29, 0.717) is 5.88 Å². The maximum atomic E-state index is 5.95. The van der Waals surface area contributed by atoms with Crippen molar-refractivity contribution in [3.63, 3.8) is 0 Å². The SMILES string of the molecule is Cc1ccc(CN2CCC(Oc3cncc(C)n3)CC2)cc1. The van der Waals surface area contributed by atoms with Gasteiger partial charge in [-0.2, -0.15) is 0 Å². The Kier molecular flexibility index (Phi) is 4.68. The van der Waals surface area contributed by atoms with Gasteiger partial charge in [-0.25, -0.2) is 4.98 Å². The minimum atomic E-state index is 0.255. The molecule has 1 aliphatic heterocycles. The molecule has 0 spiro atoms. The number of piperidine rings is 1. The standard InChI is InChI=1S/C18H23N3O/c1-14-3-5-16(6-4-14)13-21-9-7-17(8-10-21)22-18-12-19-11-15(2)20-18/h3-6,11-12,17H,7-10,13H2,1-2H3. The molecule has 116 valence electrons. The van der Waals surface area contributed by atoms with Gasteiger partial charge in [-0.05, 0) is 32.3 Å². The zero-order chi connectivity index (χ0) is 15.4. The summed E-state index contributed by atoms with van der Waals surface area (Å²) in [6, 6.07) is 8.81. The first-order valence-corrected chi connectivity index (χ1v) is 7.92. The number of ether oxygens (including phenoxy) is 1. The summed E-state index contributed by atoms with van der Waals surface area (Å²) in [5, 5.41) is 0. The molecule has 1 aromatic carbocycles. The number of aryl methyl sites for hydroxylation is 2. The summed E-state index contributed by atoms with van der Waals surface area (Å²) in [4.78, 5) is 11.0. The van der Waals surface area contributed by atoms with Crippen LogP contribution in [0.1, 0.15) is 29.7 Å². The number of nitrogens with zero attached hydrogens (tertiary/aromatic N) is 3. The number of rotatable bonds is 4. The Morgan fingerprint density at radius 1 is 1.09 bits per heavy atom. The van der Waals surface area contributed by atoms with Crippen LogP contribution in [0, 0.1) is 13.8 Å². The van der Waals surface area contributed by atoms with Crippen molar-refractivity contribution in [2.24, 2.45) is 0 Å². The van der Waals surface area contributed by atoms with E-state index in [4.69, 9.17) is 4.74 Å². The first kappa shape index (κ1) is 15.0. The molecule has 0 N–H and O–H groups in total. The molecule has 1 saturated heterocycles. The molecule has 22 heavy (non-hydrogen) atoms. The van der Waals surface area contributed by atoms with E-state index in [-0.39, 0.29) is 6.10 Å². The monoisotopic (exact) mass is 297 g/mol. The van der Waals surface area contributed by atoms with Gasteiger partial charge in [0.25, 0.3) is 0 Å². The smallest absolute Gasteiger partial charge is 0.232 e. The van der Waals surface area contributed by atoms with E-state index < -0.39 is 0 Å². The molecule has 2 heterocycles. The van der Waals surface area contributed by atoms with Crippen molar-refractivity contribution in [1.29, 1.82) is 0 Å². The maximum absolute atomic E-state index is 5.95. The molecule has 0 atom stereocenters. The lowest BCUT2D eigenvalue weighted by atomic mass is 10.1. The van der Waals surface area contributed by atoms with Crippen LogP contribution in [0.3, 0.4) is 0 Å². The average Bonchev–Trinajstić information content (AvgIpc) is 2.52. The zero-order valence-corrected chi connectivity index (χ0v) is 13.3. The first-order chi connectivity index (χ1) is 10.7. The quantitative estimate of drug-likeness (QED) is 0.869. The van der Waals surface area contributed by atoms with Crippen molar-refractivity contribution in [3.05, 3.63) is 53.5 Å². The van der Waals surface area contributed by atoms with Gasteiger partial charge in [-0.1, -0.05) is 29.8 Å². The molecule has 0 radical (unpaired) electrons. The molecular formula is C18H23N3O. The average molecular weight is 297 g/mol. The van der Waals surface area contributed by atoms with Crippen LogP contribution < -0.4 is 4.74 Å². The molecule has 4 heteroatoms. The van der Waals surface area contributed by atoms with Crippen molar-refractivity contribution in [3.8, 4) is 5.88 Å². The minimum absolute atomic E-state index is 0.255. The van der Waals surface area contributed by atoms with E-state index in [1.807, 2.05) is 6.92 Å². The Morgan fingerprint density at radius 3 is 2.50 bits per heavy atom. The Labute approximate surface area is 132 Å². The molecule has 0 aliphatic carbocycles. The van der Waals surface area contributed by atoms with Gasteiger partial charge in [0, 0.05) is 25.8 Å². The molecule has 2 aromatic rings. The van der Waals surface area contributed by atoms with Gasteiger partial charge in [0.15, 0.2) is 0 Å². The summed E-state index contributed by atoms with van der Waals surface area (Å²) in [6.07, 6.45) is 5.79. The molecule has 1 fully saturated rings. The lowest BCUT2D eigenvalue weighted by molar-refractivity contribution is 0.0927. The lowest BCUT2D eigenvalue weighted by Crippen LogP contribution is -2.37. The van der Waals surface area contributed by atoms with Gasteiger partial charge in [-0.3, -0.25) is 9.88 Å². The summed E-state index contributed by atoms with van der Waals surface area (Å²) in [6.45, 7) is 7.22. The second-order valence-corrected chi connectivity index (χ2v) is 6.08. The highest BCUT2D eigenvalue weighted by Crippen LogP contribution is 2.18. The van der Waals surface area contributed by atoms with Crippen LogP contribution in [0.15, 0.2) is 36.7 Å². The van der Waals surface area contributed by atoms with E-state index in [2.05, 4.69) is 46.1 Å². The fourth-order valence-corrected chi connectivity index (χ4v) is 2.80. The Bertz CT molecular complexity index is 604. The molecule has 1 aliphatic rings. The summed E-state index contributed by atoms with van der Waals surface area (Å²) in [5.74, 6) is 0.650. The van der Waals surface area contributed by atoms with Crippen molar-refractivity contribution < 1.29 is 4.74 Å². The van der Waals surface area contributed by atoms with Crippen molar-refractivity contribution >= 4 is 0 Å². The minimum Gasteiger partial charge on any atom is -0.473 e. The highest BCUT2D eigenvalue weighted by molar-refractivity contribution is 5.21. The lowest BCUT2D eigenvalue weighted by Gasteiger charge is -2.31. The number of likely N-dealkylation sites (tertiary alicyclic amines) is 1. The van der Waals surface area contributed by atoms with Crippen LogP contribution in [0.25, 0.3) is 0 Å². The predicted octanol–water partition coefficient (Wildman–Crippen LogP) is 3.14. The third-order valence-electron chi connectivity index (χ3n) is 4.08. The van der Waals surface area contributed by atoms with E-state index in [1.165, 1.54) is 11.1 Å². The van der Waals surface area contributed by atoms with Crippen molar-refractivity contribution in [1.82, 2.24) is 14.9 Å². The molecule has 3 rings (SSSR count). The molecular weight excluding hydrogens is 274 g/mol. The first-order valence-electron chi connectivity index (χ1n) is 7.92. The van der Waals surface area contributed by atoms with Crippen LogP contribution in [0.4, 0.5) is 0 Å². The van der Waals surface area contributed by atoms with Crippen LogP contribution in [-0.2, 0) is 6.54 Å². The highest BCUT2D eigenvalue weighted by Gasteiger charge is 2.21. The fourth-order valence-electron chi connectivity index (χ4n) is 2.80. The van der Waals surface area contributed by atoms with Gasteiger partial charge in [0.05, 0.1) is 11.9 Å². The highest BCUT2D eigenvalue weighted by atomic mass is 16.5. The topological polar surface area (TPSA) is 38.2 Å². The molecule has 0 bridgehead atoms. The van der Waals surface area contributed by atoms with E-state index in [1.54, 1.807) is 12.4 Å². The number of hydrogen-bond donors (Lipinski definition) is 0. The summed E-state index contributed by atoms with van der Waals surface area (Å²) in [5.41, 5.74) is 3.60.